The molecule has 4 aromatic rings. The second-order valence-electron chi connectivity index (χ2n) is 7.86. The number of aromatic nitrogens is 2. The number of para-hydroxylation sites is 2. The molecular formula is C25H24N6O5S. The van der Waals surface area contributed by atoms with E-state index in [9.17, 15) is 19.2 Å². The van der Waals surface area contributed by atoms with Gasteiger partial charge in [-0.3, -0.25) is 24.1 Å². The van der Waals surface area contributed by atoms with Crippen molar-refractivity contribution in [3.63, 3.8) is 0 Å². The van der Waals surface area contributed by atoms with Gasteiger partial charge in [0.15, 0.2) is 5.69 Å². The minimum Gasteiger partial charge on any atom is -0.465 e. The first-order valence-corrected chi connectivity index (χ1v) is 12.0. The smallest absolute Gasteiger partial charge is 0.325 e. The Morgan fingerprint density at radius 2 is 1.81 bits per heavy atom. The molecule has 4 rings (SSSR count). The van der Waals surface area contributed by atoms with Gasteiger partial charge in [-0.05, 0) is 36.7 Å². The number of nitrogens with one attached hydrogen (secondary N) is 2. The maximum Gasteiger partial charge on any atom is 0.325 e. The van der Waals surface area contributed by atoms with Crippen LogP contribution < -0.4 is 21.7 Å². The molecule has 2 aromatic heterocycles. The first-order valence-electron chi connectivity index (χ1n) is 11.3. The molecule has 3 amide bonds. The highest BCUT2D eigenvalue weighted by Gasteiger charge is 2.37. The van der Waals surface area contributed by atoms with Crippen LogP contribution in [0, 0.1) is 0 Å². The predicted octanol–water partition coefficient (Wildman–Crippen LogP) is 2.37. The lowest BCUT2D eigenvalue weighted by Gasteiger charge is -2.31. The average Bonchev–Trinajstić information content (AvgIpc) is 3.50. The van der Waals surface area contributed by atoms with Crippen molar-refractivity contribution >= 4 is 57.5 Å². The molecule has 0 aliphatic heterocycles. The lowest BCUT2D eigenvalue weighted by Crippen LogP contribution is -2.45. The van der Waals surface area contributed by atoms with Gasteiger partial charge in [-0.25, -0.2) is 0 Å². The largest absolute Gasteiger partial charge is 0.465 e. The molecule has 0 bridgehead atoms. The Bertz CT molecular complexity index is 1460. The van der Waals surface area contributed by atoms with Crippen molar-refractivity contribution in [2.24, 2.45) is 5.73 Å². The third-order valence-corrected chi connectivity index (χ3v) is 6.39. The molecule has 2 heterocycles. The van der Waals surface area contributed by atoms with E-state index < -0.39 is 36.3 Å². The summed E-state index contributed by atoms with van der Waals surface area (Å²) in [5.74, 6) is -2.80. The van der Waals surface area contributed by atoms with Crippen LogP contribution in [0.2, 0.25) is 0 Å². The normalized spacial score (nSPS) is 11.6. The van der Waals surface area contributed by atoms with E-state index in [1.165, 1.54) is 4.90 Å². The van der Waals surface area contributed by atoms with Gasteiger partial charge in [0.1, 0.15) is 17.5 Å². The minimum atomic E-state index is -1.24. The number of ether oxygens (including phenoxy) is 1. The van der Waals surface area contributed by atoms with Gasteiger partial charge in [-0.15, -0.1) is 0 Å². The first kappa shape index (κ1) is 25.4. The number of carbonyl (C=O) groups excluding carboxylic acids is 4. The Morgan fingerprint density at radius 3 is 2.49 bits per heavy atom. The van der Waals surface area contributed by atoms with E-state index in [-0.39, 0.29) is 22.9 Å². The molecule has 37 heavy (non-hydrogen) atoms. The zero-order chi connectivity index (χ0) is 26.5. The SMILES string of the molecule is CCOC(=O)CNC(=O)[C@@H](c1c[nH]c2ccccc12)N(C(=O)c1snc(C(N)=O)c1N)c1ccccc1. The van der Waals surface area contributed by atoms with Crippen LogP contribution in [0.15, 0.2) is 60.8 Å². The van der Waals surface area contributed by atoms with Crippen LogP contribution in [0.4, 0.5) is 11.4 Å². The van der Waals surface area contributed by atoms with E-state index in [1.807, 2.05) is 24.3 Å². The van der Waals surface area contributed by atoms with Crippen molar-refractivity contribution in [1.82, 2.24) is 14.7 Å². The number of H-pyrrole nitrogens is 1. The molecule has 0 aliphatic carbocycles. The quantitative estimate of drug-likeness (QED) is 0.245. The Balaban J connectivity index is 1.87. The number of amides is 3. The number of carbonyl (C=O) groups is 4. The first-order chi connectivity index (χ1) is 17.8. The van der Waals surface area contributed by atoms with Gasteiger partial charge in [-0.2, -0.15) is 4.37 Å². The topological polar surface area (TPSA) is 174 Å². The average molecular weight is 521 g/mol. The van der Waals surface area contributed by atoms with Crippen molar-refractivity contribution in [2.45, 2.75) is 13.0 Å². The molecule has 0 unspecified atom stereocenters. The zero-order valence-corrected chi connectivity index (χ0v) is 20.6. The molecule has 2 aromatic carbocycles. The molecule has 1 atom stereocenters. The second-order valence-corrected chi connectivity index (χ2v) is 8.64. The number of esters is 1. The fourth-order valence-corrected chi connectivity index (χ4v) is 4.64. The van der Waals surface area contributed by atoms with E-state index in [0.29, 0.717) is 28.2 Å². The van der Waals surface area contributed by atoms with Gasteiger partial charge in [0.2, 0.25) is 5.91 Å². The number of aromatic amines is 1. The van der Waals surface area contributed by atoms with Crippen LogP contribution >= 0.6 is 11.5 Å². The Hall–Kier alpha value is -4.71. The standard InChI is InChI=1S/C25H24N6O5S/c1-2-36-18(32)13-29-24(34)21(16-12-28-17-11-7-6-10-15(16)17)31(14-8-4-3-5-9-14)25(35)22-19(26)20(23(27)33)30-37-22/h3-12,21,28H,2,13,26H2,1H3,(H2,27,33)(H,29,34)/t21-/m1/s1. The summed E-state index contributed by atoms with van der Waals surface area (Å²) in [6, 6.07) is 14.6. The Kier molecular flexibility index (Phi) is 7.49. The summed E-state index contributed by atoms with van der Waals surface area (Å²) in [6.07, 6.45) is 1.63. The minimum absolute atomic E-state index is 0.0549. The van der Waals surface area contributed by atoms with E-state index in [2.05, 4.69) is 14.7 Å². The monoisotopic (exact) mass is 520 g/mol. The van der Waals surface area contributed by atoms with Crippen molar-refractivity contribution in [3.05, 3.63) is 76.9 Å². The van der Waals surface area contributed by atoms with Crippen LogP contribution in [-0.2, 0) is 14.3 Å². The summed E-state index contributed by atoms with van der Waals surface area (Å²) in [4.78, 5) is 55.7. The summed E-state index contributed by atoms with van der Waals surface area (Å²) in [6.45, 7) is 1.42. The fraction of sp³-hybridized carbons (Fsp3) is 0.160. The molecule has 0 saturated carbocycles. The number of anilines is 2. The predicted molar refractivity (Wildman–Crippen MR) is 139 cm³/mol. The molecule has 0 fully saturated rings. The van der Waals surface area contributed by atoms with Crippen LogP contribution in [-0.4, -0.2) is 46.2 Å². The third-order valence-electron chi connectivity index (χ3n) is 5.54. The highest BCUT2D eigenvalue weighted by Crippen LogP contribution is 2.35. The molecule has 0 spiro atoms. The fourth-order valence-electron chi connectivity index (χ4n) is 3.90. The number of nitrogens with zero attached hydrogens (tertiary/aromatic N) is 2. The van der Waals surface area contributed by atoms with E-state index >= 15 is 0 Å². The van der Waals surface area contributed by atoms with Crippen LogP contribution in [0.1, 0.15) is 38.7 Å². The highest BCUT2D eigenvalue weighted by atomic mass is 32.1. The van der Waals surface area contributed by atoms with Gasteiger partial charge in [0.05, 0.1) is 12.3 Å². The highest BCUT2D eigenvalue weighted by molar-refractivity contribution is 7.09. The summed E-state index contributed by atoms with van der Waals surface area (Å²) >= 11 is 0.710. The van der Waals surface area contributed by atoms with Gasteiger partial charge in [-0.1, -0.05) is 36.4 Å². The molecule has 6 N–H and O–H groups in total. The number of hydrogen-bond donors (Lipinski definition) is 4. The van der Waals surface area contributed by atoms with E-state index in [0.717, 1.165) is 5.52 Å². The van der Waals surface area contributed by atoms with Gasteiger partial charge < -0.3 is 26.5 Å². The van der Waals surface area contributed by atoms with Crippen molar-refractivity contribution < 1.29 is 23.9 Å². The Labute approximate surface area is 215 Å². The Morgan fingerprint density at radius 1 is 1.11 bits per heavy atom. The number of hydrogen-bond acceptors (Lipinski definition) is 8. The zero-order valence-electron chi connectivity index (χ0n) is 19.8. The molecular weight excluding hydrogens is 496 g/mol. The van der Waals surface area contributed by atoms with Crippen molar-refractivity contribution in [1.29, 1.82) is 0 Å². The lowest BCUT2D eigenvalue weighted by atomic mass is 10.0. The number of nitrogen functional groups attached to an aromatic ring is 1. The lowest BCUT2D eigenvalue weighted by molar-refractivity contribution is -0.143. The molecule has 12 heteroatoms. The van der Waals surface area contributed by atoms with Crippen molar-refractivity contribution in [3.8, 4) is 0 Å². The van der Waals surface area contributed by atoms with Gasteiger partial charge >= 0.3 is 5.97 Å². The summed E-state index contributed by atoms with van der Waals surface area (Å²) in [5.41, 5.74) is 12.6. The summed E-state index contributed by atoms with van der Waals surface area (Å²) in [5, 5.41) is 3.27. The van der Waals surface area contributed by atoms with Crippen LogP contribution in [0.25, 0.3) is 10.9 Å². The number of fused-ring (bicyclic) bond motifs is 1. The summed E-state index contributed by atoms with van der Waals surface area (Å²) < 4.78 is 8.86. The van der Waals surface area contributed by atoms with E-state index in [1.54, 1.807) is 43.5 Å². The van der Waals surface area contributed by atoms with Crippen molar-refractivity contribution in [2.75, 3.05) is 23.8 Å². The number of primary amides is 1. The summed E-state index contributed by atoms with van der Waals surface area (Å²) in [7, 11) is 0. The van der Waals surface area contributed by atoms with Gasteiger partial charge in [0.25, 0.3) is 11.8 Å². The molecule has 0 saturated heterocycles. The second kappa shape index (κ2) is 10.9. The number of benzene rings is 2. The molecule has 0 radical (unpaired) electrons. The molecule has 11 nitrogen and oxygen atoms in total. The van der Waals surface area contributed by atoms with Gasteiger partial charge in [0, 0.05) is 28.4 Å². The molecule has 190 valence electrons. The third kappa shape index (κ3) is 5.14. The van der Waals surface area contributed by atoms with E-state index in [4.69, 9.17) is 16.2 Å². The maximum atomic E-state index is 14.0. The van der Waals surface area contributed by atoms with Crippen LogP contribution in [0.3, 0.4) is 0 Å². The number of rotatable bonds is 9. The molecule has 0 aliphatic rings. The van der Waals surface area contributed by atoms with Crippen LogP contribution in [0.5, 0.6) is 0 Å². The number of nitrogens with two attached hydrogens (primary N) is 2. The maximum absolute atomic E-state index is 14.0.